The van der Waals surface area contributed by atoms with Gasteiger partial charge in [-0.1, -0.05) is 15.9 Å². The monoisotopic (exact) mass is 335 g/mol. The van der Waals surface area contributed by atoms with E-state index in [0.717, 1.165) is 10.0 Å². The van der Waals surface area contributed by atoms with Gasteiger partial charge in [0.05, 0.1) is 4.92 Å². The molecule has 0 bridgehead atoms. The van der Waals surface area contributed by atoms with Crippen LogP contribution < -0.4 is 4.74 Å². The van der Waals surface area contributed by atoms with Crippen molar-refractivity contribution in [1.29, 1.82) is 0 Å². The zero-order chi connectivity index (χ0) is 14.7. The molecule has 0 aliphatic heterocycles. The predicted octanol–water partition coefficient (Wildman–Crippen LogP) is 4.27. The number of ether oxygens (including phenoxy) is 1. The summed E-state index contributed by atoms with van der Waals surface area (Å²) in [5.41, 5.74) is 0.945. The maximum Gasteiger partial charge on any atom is 0.312 e. The Morgan fingerprint density at radius 1 is 1.25 bits per heavy atom. The van der Waals surface area contributed by atoms with Crippen LogP contribution in [0.15, 0.2) is 40.9 Å². The van der Waals surface area contributed by atoms with Crippen molar-refractivity contribution in [1.82, 2.24) is 0 Å². The average Bonchev–Trinajstić information content (AvgIpc) is 2.43. The summed E-state index contributed by atoms with van der Waals surface area (Å²) >= 11 is 3.37. The van der Waals surface area contributed by atoms with Crippen LogP contribution >= 0.6 is 15.9 Å². The fourth-order valence-corrected chi connectivity index (χ4v) is 1.89. The van der Waals surface area contributed by atoms with Crippen LogP contribution in [0.2, 0.25) is 0 Å². The molecule has 6 heteroatoms. The van der Waals surface area contributed by atoms with Crippen molar-refractivity contribution >= 4 is 27.9 Å². The summed E-state index contributed by atoms with van der Waals surface area (Å²) in [6.07, 6.45) is 0.556. The number of halogens is 1. The molecule has 2 aromatic carbocycles. The molecule has 0 heterocycles. The van der Waals surface area contributed by atoms with Crippen LogP contribution in [0.5, 0.6) is 11.5 Å². The number of carbonyl (C=O) groups excluding carboxylic acids is 1. The van der Waals surface area contributed by atoms with E-state index in [0.29, 0.717) is 12.0 Å². The van der Waals surface area contributed by atoms with E-state index < -0.39 is 4.92 Å². The van der Waals surface area contributed by atoms with E-state index >= 15 is 0 Å². The molecule has 0 fully saturated rings. The van der Waals surface area contributed by atoms with Crippen molar-refractivity contribution in [2.45, 2.75) is 6.92 Å². The zero-order valence-electron chi connectivity index (χ0n) is 10.5. The zero-order valence-corrected chi connectivity index (χ0v) is 12.1. The van der Waals surface area contributed by atoms with Gasteiger partial charge in [0.1, 0.15) is 12.0 Å². The van der Waals surface area contributed by atoms with E-state index in [1.807, 2.05) is 6.92 Å². The van der Waals surface area contributed by atoms with Gasteiger partial charge < -0.3 is 4.74 Å². The lowest BCUT2D eigenvalue weighted by Crippen LogP contribution is -1.95. The van der Waals surface area contributed by atoms with Gasteiger partial charge in [-0.15, -0.1) is 0 Å². The van der Waals surface area contributed by atoms with E-state index in [9.17, 15) is 14.9 Å². The SMILES string of the molecule is Cc1cc(Oc2ccc(C=O)cc2[N+](=O)[O-])ccc1Br. The lowest BCUT2D eigenvalue weighted by Gasteiger charge is -2.08. The molecule has 0 aliphatic carbocycles. The second-order valence-corrected chi connectivity index (χ2v) is 4.97. The van der Waals surface area contributed by atoms with Gasteiger partial charge in [-0.25, -0.2) is 0 Å². The number of rotatable bonds is 4. The van der Waals surface area contributed by atoms with Crippen LogP contribution in [-0.2, 0) is 0 Å². The molecule has 0 unspecified atom stereocenters. The first kappa shape index (κ1) is 14.2. The van der Waals surface area contributed by atoms with Crippen LogP contribution in [-0.4, -0.2) is 11.2 Å². The number of nitro benzene ring substituents is 1. The van der Waals surface area contributed by atoms with Crippen molar-refractivity contribution < 1.29 is 14.5 Å². The predicted molar refractivity (Wildman–Crippen MR) is 77.4 cm³/mol. The molecule has 102 valence electrons. The number of nitro groups is 1. The smallest absolute Gasteiger partial charge is 0.312 e. The van der Waals surface area contributed by atoms with Gasteiger partial charge in [0.25, 0.3) is 0 Å². The molecule has 0 aromatic heterocycles. The minimum atomic E-state index is -0.575. The van der Waals surface area contributed by atoms with Crippen LogP contribution in [0.3, 0.4) is 0 Å². The number of hydrogen-bond donors (Lipinski definition) is 0. The largest absolute Gasteiger partial charge is 0.450 e. The first-order chi connectivity index (χ1) is 9.51. The Kier molecular flexibility index (Phi) is 4.14. The van der Waals surface area contributed by atoms with Crippen molar-refractivity contribution in [2.24, 2.45) is 0 Å². The molecule has 2 aromatic rings. The number of nitrogens with zero attached hydrogens (tertiary/aromatic N) is 1. The molecular formula is C14H10BrNO4. The molecule has 0 N–H and O–H groups in total. The molecule has 0 radical (unpaired) electrons. The van der Waals surface area contributed by atoms with Gasteiger partial charge in [0.15, 0.2) is 0 Å². The Labute approximate surface area is 123 Å². The lowest BCUT2D eigenvalue weighted by atomic mass is 10.2. The second kappa shape index (κ2) is 5.83. The minimum Gasteiger partial charge on any atom is -0.450 e. The highest BCUT2D eigenvalue weighted by atomic mass is 79.9. The highest BCUT2D eigenvalue weighted by Gasteiger charge is 2.16. The first-order valence-electron chi connectivity index (χ1n) is 5.69. The number of carbonyl (C=O) groups is 1. The van der Waals surface area contributed by atoms with Crippen LogP contribution in [0, 0.1) is 17.0 Å². The quantitative estimate of drug-likeness (QED) is 0.475. The molecule has 0 aliphatic rings. The summed E-state index contributed by atoms with van der Waals surface area (Å²) in [4.78, 5) is 21.1. The van der Waals surface area contributed by atoms with Crippen molar-refractivity contribution in [3.05, 3.63) is 62.1 Å². The number of aldehydes is 1. The molecule has 20 heavy (non-hydrogen) atoms. The van der Waals surface area contributed by atoms with Crippen LogP contribution in [0.1, 0.15) is 15.9 Å². The molecule has 0 spiro atoms. The maximum atomic E-state index is 11.0. The van der Waals surface area contributed by atoms with Crippen LogP contribution in [0.4, 0.5) is 5.69 Å². The Hall–Kier alpha value is -2.21. The number of benzene rings is 2. The van der Waals surface area contributed by atoms with Crippen molar-refractivity contribution in [2.75, 3.05) is 0 Å². The maximum absolute atomic E-state index is 11.0. The Balaban J connectivity index is 2.39. The summed E-state index contributed by atoms with van der Waals surface area (Å²) in [7, 11) is 0. The molecule has 5 nitrogen and oxygen atoms in total. The number of aryl methyl sites for hydroxylation is 1. The molecule has 0 amide bonds. The van der Waals surface area contributed by atoms with E-state index in [1.165, 1.54) is 18.2 Å². The summed E-state index contributed by atoms with van der Waals surface area (Å²) in [6, 6.07) is 9.35. The van der Waals surface area contributed by atoms with Crippen molar-refractivity contribution in [3.8, 4) is 11.5 Å². The Bertz CT molecular complexity index is 685. The van der Waals surface area contributed by atoms with Gasteiger partial charge in [0, 0.05) is 16.1 Å². The highest BCUT2D eigenvalue weighted by Crippen LogP contribution is 2.33. The normalized spacial score (nSPS) is 10.1. The summed E-state index contributed by atoms with van der Waals surface area (Å²) in [6.45, 7) is 1.89. The number of hydrogen-bond acceptors (Lipinski definition) is 4. The van der Waals surface area contributed by atoms with Gasteiger partial charge in [-0.2, -0.15) is 0 Å². The topological polar surface area (TPSA) is 69.4 Å². The summed E-state index contributed by atoms with van der Waals surface area (Å²) < 4.78 is 6.45. The minimum absolute atomic E-state index is 0.0994. The third-order valence-electron chi connectivity index (χ3n) is 2.67. The molecule has 0 atom stereocenters. The van der Waals surface area contributed by atoms with Gasteiger partial charge in [0.2, 0.25) is 5.75 Å². The van der Waals surface area contributed by atoms with Gasteiger partial charge in [-0.3, -0.25) is 14.9 Å². The first-order valence-corrected chi connectivity index (χ1v) is 6.48. The van der Waals surface area contributed by atoms with Crippen LogP contribution in [0.25, 0.3) is 0 Å². The fraction of sp³-hybridized carbons (Fsp3) is 0.0714. The second-order valence-electron chi connectivity index (χ2n) is 4.12. The molecule has 0 saturated carbocycles. The van der Waals surface area contributed by atoms with E-state index in [4.69, 9.17) is 4.74 Å². The van der Waals surface area contributed by atoms with Gasteiger partial charge in [-0.05, 0) is 42.8 Å². The summed E-state index contributed by atoms with van der Waals surface area (Å²) in [5.74, 6) is 0.593. The molecule has 2 rings (SSSR count). The van der Waals surface area contributed by atoms with E-state index in [2.05, 4.69) is 15.9 Å². The molecular weight excluding hydrogens is 326 g/mol. The average molecular weight is 336 g/mol. The Morgan fingerprint density at radius 2 is 2.00 bits per heavy atom. The van der Waals surface area contributed by atoms with E-state index in [-0.39, 0.29) is 17.0 Å². The lowest BCUT2D eigenvalue weighted by molar-refractivity contribution is -0.385. The standard InChI is InChI=1S/C14H10BrNO4/c1-9-6-11(3-4-12(9)15)20-14-5-2-10(8-17)7-13(14)16(18)19/h2-8H,1H3. The Morgan fingerprint density at radius 3 is 2.60 bits per heavy atom. The third-order valence-corrected chi connectivity index (χ3v) is 3.56. The fourth-order valence-electron chi connectivity index (χ4n) is 1.64. The third kappa shape index (κ3) is 3.03. The molecule has 0 saturated heterocycles. The van der Waals surface area contributed by atoms with Crippen molar-refractivity contribution in [3.63, 3.8) is 0 Å². The van der Waals surface area contributed by atoms with E-state index in [1.54, 1.807) is 18.2 Å². The highest BCUT2D eigenvalue weighted by molar-refractivity contribution is 9.10. The van der Waals surface area contributed by atoms with Gasteiger partial charge >= 0.3 is 5.69 Å². The summed E-state index contributed by atoms with van der Waals surface area (Å²) in [5, 5.41) is 11.0.